The SMILES string of the molecule is CC(=O)C1C=CC1C. The lowest BCUT2D eigenvalue weighted by atomic mass is 9.81. The molecule has 0 heterocycles. The molecule has 8 heavy (non-hydrogen) atoms. The summed E-state index contributed by atoms with van der Waals surface area (Å²) in [5.41, 5.74) is 0. The van der Waals surface area contributed by atoms with Crippen molar-refractivity contribution in [1.29, 1.82) is 0 Å². The average Bonchev–Trinajstić information content (AvgIpc) is 1.61. The van der Waals surface area contributed by atoms with E-state index in [2.05, 4.69) is 13.0 Å². The van der Waals surface area contributed by atoms with Gasteiger partial charge in [-0.3, -0.25) is 4.79 Å². The van der Waals surface area contributed by atoms with Gasteiger partial charge in [0, 0.05) is 5.92 Å². The molecule has 0 N–H and O–H groups in total. The van der Waals surface area contributed by atoms with Crippen LogP contribution in [0.1, 0.15) is 13.8 Å². The first-order valence-corrected chi connectivity index (χ1v) is 2.90. The highest BCUT2D eigenvalue weighted by Crippen LogP contribution is 2.24. The number of hydrogen-bond donors (Lipinski definition) is 0. The normalized spacial score (nSPS) is 34.2. The molecule has 0 spiro atoms. The van der Waals surface area contributed by atoms with Crippen molar-refractivity contribution in [2.45, 2.75) is 13.8 Å². The Balaban J connectivity index is 2.53. The first-order valence-electron chi connectivity index (χ1n) is 2.90. The summed E-state index contributed by atoms with van der Waals surface area (Å²) in [5.74, 6) is 1.02. The second-order valence-corrected chi connectivity index (χ2v) is 2.38. The van der Waals surface area contributed by atoms with Gasteiger partial charge in [-0.2, -0.15) is 0 Å². The molecule has 1 nitrogen and oxygen atoms in total. The van der Waals surface area contributed by atoms with Crippen LogP contribution in [-0.2, 0) is 4.79 Å². The van der Waals surface area contributed by atoms with Gasteiger partial charge in [0.1, 0.15) is 5.78 Å². The third kappa shape index (κ3) is 0.683. The smallest absolute Gasteiger partial charge is 0.137 e. The van der Waals surface area contributed by atoms with E-state index in [4.69, 9.17) is 0 Å². The van der Waals surface area contributed by atoms with Crippen LogP contribution < -0.4 is 0 Å². The molecule has 0 aromatic heterocycles. The lowest BCUT2D eigenvalue weighted by Crippen LogP contribution is -2.22. The van der Waals surface area contributed by atoms with E-state index >= 15 is 0 Å². The van der Waals surface area contributed by atoms with Crippen molar-refractivity contribution in [3.63, 3.8) is 0 Å². The fraction of sp³-hybridized carbons (Fsp3) is 0.571. The second-order valence-electron chi connectivity index (χ2n) is 2.38. The van der Waals surface area contributed by atoms with Gasteiger partial charge in [-0.1, -0.05) is 19.1 Å². The van der Waals surface area contributed by atoms with E-state index in [1.54, 1.807) is 6.92 Å². The Labute approximate surface area is 49.4 Å². The van der Waals surface area contributed by atoms with E-state index in [1.165, 1.54) is 0 Å². The molecular formula is C7H10O. The Morgan fingerprint density at radius 1 is 1.50 bits per heavy atom. The molecule has 0 aromatic carbocycles. The number of allylic oxidation sites excluding steroid dienone is 2. The lowest BCUT2D eigenvalue weighted by Gasteiger charge is -2.22. The molecule has 0 saturated carbocycles. The van der Waals surface area contributed by atoms with Crippen molar-refractivity contribution in [3.8, 4) is 0 Å². The van der Waals surface area contributed by atoms with E-state index in [9.17, 15) is 4.79 Å². The molecule has 44 valence electrons. The zero-order valence-electron chi connectivity index (χ0n) is 5.22. The van der Waals surface area contributed by atoms with Crippen molar-refractivity contribution in [2.75, 3.05) is 0 Å². The van der Waals surface area contributed by atoms with Crippen LogP contribution in [0, 0.1) is 11.8 Å². The van der Waals surface area contributed by atoms with E-state index in [1.807, 2.05) is 6.08 Å². The molecule has 1 aliphatic rings. The molecular weight excluding hydrogens is 100 g/mol. The van der Waals surface area contributed by atoms with E-state index < -0.39 is 0 Å². The van der Waals surface area contributed by atoms with Crippen molar-refractivity contribution in [3.05, 3.63) is 12.2 Å². The summed E-state index contributed by atoms with van der Waals surface area (Å²) in [7, 11) is 0. The molecule has 1 heteroatoms. The third-order valence-electron chi connectivity index (χ3n) is 1.66. The maximum atomic E-state index is 10.6. The fourth-order valence-corrected chi connectivity index (χ4v) is 0.950. The minimum Gasteiger partial charge on any atom is -0.299 e. The molecule has 0 aliphatic heterocycles. The van der Waals surface area contributed by atoms with Crippen LogP contribution in [-0.4, -0.2) is 5.78 Å². The van der Waals surface area contributed by atoms with E-state index in [0.29, 0.717) is 11.7 Å². The molecule has 0 radical (unpaired) electrons. The largest absolute Gasteiger partial charge is 0.299 e. The number of carbonyl (C=O) groups excluding carboxylic acids is 1. The Morgan fingerprint density at radius 2 is 2.12 bits per heavy atom. The minimum absolute atomic E-state index is 0.231. The Morgan fingerprint density at radius 3 is 2.12 bits per heavy atom. The lowest BCUT2D eigenvalue weighted by molar-refractivity contribution is -0.120. The quantitative estimate of drug-likeness (QED) is 0.466. The van der Waals surface area contributed by atoms with Crippen LogP contribution in [0.5, 0.6) is 0 Å². The first kappa shape index (κ1) is 5.54. The fourth-order valence-electron chi connectivity index (χ4n) is 0.950. The van der Waals surface area contributed by atoms with Gasteiger partial charge in [0.25, 0.3) is 0 Å². The summed E-state index contributed by atoms with van der Waals surface area (Å²) in [5, 5.41) is 0. The van der Waals surface area contributed by atoms with Gasteiger partial charge in [-0.05, 0) is 12.8 Å². The van der Waals surface area contributed by atoms with Crippen LogP contribution in [0.2, 0.25) is 0 Å². The zero-order valence-corrected chi connectivity index (χ0v) is 5.22. The highest BCUT2D eigenvalue weighted by molar-refractivity contribution is 5.81. The van der Waals surface area contributed by atoms with Crippen LogP contribution in [0.25, 0.3) is 0 Å². The predicted octanol–water partition coefficient (Wildman–Crippen LogP) is 1.40. The highest BCUT2D eigenvalue weighted by atomic mass is 16.1. The minimum atomic E-state index is 0.231. The maximum Gasteiger partial charge on any atom is 0.137 e. The standard InChI is InChI=1S/C7H10O/c1-5-3-4-7(5)6(2)8/h3-5,7H,1-2H3. The van der Waals surface area contributed by atoms with Crippen molar-refractivity contribution >= 4 is 5.78 Å². The molecule has 2 atom stereocenters. The Kier molecular flexibility index (Phi) is 1.20. The van der Waals surface area contributed by atoms with Crippen molar-refractivity contribution in [2.24, 2.45) is 11.8 Å². The van der Waals surface area contributed by atoms with Gasteiger partial charge in [-0.25, -0.2) is 0 Å². The van der Waals surface area contributed by atoms with Gasteiger partial charge in [-0.15, -0.1) is 0 Å². The zero-order chi connectivity index (χ0) is 6.15. The number of Topliss-reactive ketones (excluding diaryl/α,β-unsaturated/α-hetero) is 1. The number of hydrogen-bond acceptors (Lipinski definition) is 1. The van der Waals surface area contributed by atoms with Gasteiger partial charge < -0.3 is 0 Å². The van der Waals surface area contributed by atoms with Gasteiger partial charge in [0.15, 0.2) is 0 Å². The summed E-state index contributed by atoms with van der Waals surface area (Å²) in [6.45, 7) is 3.71. The summed E-state index contributed by atoms with van der Waals surface area (Å²) < 4.78 is 0. The molecule has 0 bridgehead atoms. The van der Waals surface area contributed by atoms with E-state index in [0.717, 1.165) is 0 Å². The highest BCUT2D eigenvalue weighted by Gasteiger charge is 2.22. The predicted molar refractivity (Wildman–Crippen MR) is 32.5 cm³/mol. The maximum absolute atomic E-state index is 10.6. The van der Waals surface area contributed by atoms with Crippen LogP contribution in [0.15, 0.2) is 12.2 Å². The van der Waals surface area contributed by atoms with Crippen molar-refractivity contribution in [1.82, 2.24) is 0 Å². The molecule has 1 rings (SSSR count). The monoisotopic (exact) mass is 110 g/mol. The first-order chi connectivity index (χ1) is 3.72. The summed E-state index contributed by atoms with van der Waals surface area (Å²) in [6, 6.07) is 0. The number of ketones is 1. The van der Waals surface area contributed by atoms with E-state index in [-0.39, 0.29) is 5.92 Å². The summed E-state index contributed by atoms with van der Waals surface area (Å²) in [6.07, 6.45) is 4.03. The molecule has 1 aliphatic carbocycles. The molecule has 0 amide bonds. The third-order valence-corrected chi connectivity index (χ3v) is 1.66. The molecule has 0 fully saturated rings. The Bertz CT molecular complexity index is 135. The van der Waals surface area contributed by atoms with Crippen LogP contribution in [0.3, 0.4) is 0 Å². The van der Waals surface area contributed by atoms with Gasteiger partial charge >= 0.3 is 0 Å². The van der Waals surface area contributed by atoms with Gasteiger partial charge in [0.2, 0.25) is 0 Å². The number of rotatable bonds is 1. The summed E-state index contributed by atoms with van der Waals surface area (Å²) in [4.78, 5) is 10.6. The Hall–Kier alpha value is -0.590. The van der Waals surface area contributed by atoms with Crippen molar-refractivity contribution < 1.29 is 4.79 Å². The topological polar surface area (TPSA) is 17.1 Å². The summed E-state index contributed by atoms with van der Waals surface area (Å²) >= 11 is 0. The number of carbonyl (C=O) groups is 1. The van der Waals surface area contributed by atoms with Crippen LogP contribution >= 0.6 is 0 Å². The average molecular weight is 110 g/mol. The second kappa shape index (κ2) is 1.73. The molecule has 0 saturated heterocycles. The van der Waals surface area contributed by atoms with Gasteiger partial charge in [0.05, 0.1) is 0 Å². The molecule has 2 unspecified atom stereocenters. The molecule has 0 aromatic rings. The van der Waals surface area contributed by atoms with Crippen LogP contribution in [0.4, 0.5) is 0 Å².